The normalized spacial score (nSPS) is 10.3. The predicted octanol–water partition coefficient (Wildman–Crippen LogP) is 4.65. The lowest BCUT2D eigenvalue weighted by molar-refractivity contribution is -0.116. The third kappa shape index (κ3) is 5.39. The Hall–Kier alpha value is -2.33. The number of carbonyl (C=O) groups is 2. The Bertz CT molecular complexity index is 726. The molecule has 2 rings (SSSR count). The number of benzene rings is 2. The molecule has 4 nitrogen and oxygen atoms in total. The highest BCUT2D eigenvalue weighted by Crippen LogP contribution is 2.22. The maximum atomic E-state index is 11.9. The lowest BCUT2D eigenvalue weighted by atomic mass is 10.1. The fourth-order valence-corrected chi connectivity index (χ4v) is 2.43. The van der Waals surface area contributed by atoms with E-state index in [1.165, 1.54) is 6.92 Å². The fraction of sp³-hybridized carbons (Fsp3) is 0.263. The first-order valence-corrected chi connectivity index (χ1v) is 8.13. The molecular formula is C19H20ClNO3. The Morgan fingerprint density at radius 1 is 1.12 bits per heavy atom. The number of carbonyl (C=O) groups excluding carboxylic acids is 2. The molecule has 1 amide bonds. The van der Waals surface area contributed by atoms with Crippen LogP contribution in [-0.2, 0) is 4.79 Å². The molecule has 0 aliphatic carbocycles. The summed E-state index contributed by atoms with van der Waals surface area (Å²) < 4.78 is 5.56. The van der Waals surface area contributed by atoms with Gasteiger partial charge in [-0.25, -0.2) is 0 Å². The standard InChI is InChI=1S/C19H20ClNO3/c1-13-5-10-18(17(20)12-13)21-19(23)4-3-11-24-16-8-6-15(7-9-16)14(2)22/h5-10,12H,3-4,11H2,1-2H3,(H,21,23). The number of Topliss-reactive ketones (excluding diaryl/α,β-unsaturated/α-hetero) is 1. The van der Waals surface area contributed by atoms with E-state index in [0.29, 0.717) is 41.5 Å². The van der Waals surface area contributed by atoms with Crippen LogP contribution in [0.3, 0.4) is 0 Å². The zero-order chi connectivity index (χ0) is 17.5. The molecule has 0 heterocycles. The van der Waals surface area contributed by atoms with Gasteiger partial charge in [0, 0.05) is 12.0 Å². The number of rotatable bonds is 7. The molecule has 2 aromatic rings. The maximum Gasteiger partial charge on any atom is 0.224 e. The molecule has 0 saturated carbocycles. The van der Waals surface area contributed by atoms with Crippen LogP contribution in [0.4, 0.5) is 5.69 Å². The number of ether oxygens (including phenoxy) is 1. The van der Waals surface area contributed by atoms with Gasteiger partial charge in [-0.1, -0.05) is 17.7 Å². The molecule has 0 aliphatic heterocycles. The van der Waals surface area contributed by atoms with Crippen LogP contribution < -0.4 is 10.1 Å². The zero-order valence-electron chi connectivity index (χ0n) is 13.8. The van der Waals surface area contributed by atoms with E-state index < -0.39 is 0 Å². The van der Waals surface area contributed by atoms with Gasteiger partial charge in [-0.2, -0.15) is 0 Å². The Morgan fingerprint density at radius 3 is 2.46 bits per heavy atom. The van der Waals surface area contributed by atoms with Crippen molar-refractivity contribution in [2.24, 2.45) is 0 Å². The monoisotopic (exact) mass is 345 g/mol. The minimum absolute atomic E-state index is 0.0213. The van der Waals surface area contributed by atoms with Crippen molar-refractivity contribution in [2.75, 3.05) is 11.9 Å². The van der Waals surface area contributed by atoms with Crippen molar-refractivity contribution in [1.82, 2.24) is 0 Å². The van der Waals surface area contributed by atoms with E-state index in [-0.39, 0.29) is 11.7 Å². The van der Waals surface area contributed by atoms with Crippen LogP contribution in [0.25, 0.3) is 0 Å². The van der Waals surface area contributed by atoms with Gasteiger partial charge in [0.05, 0.1) is 17.3 Å². The number of nitrogens with one attached hydrogen (secondary N) is 1. The van der Waals surface area contributed by atoms with Gasteiger partial charge in [0.15, 0.2) is 5.78 Å². The van der Waals surface area contributed by atoms with Crippen molar-refractivity contribution in [2.45, 2.75) is 26.7 Å². The maximum absolute atomic E-state index is 11.9. The predicted molar refractivity (Wildman–Crippen MR) is 96.0 cm³/mol. The van der Waals surface area contributed by atoms with Crippen LogP contribution in [0.2, 0.25) is 5.02 Å². The SMILES string of the molecule is CC(=O)c1ccc(OCCCC(=O)Nc2ccc(C)cc2Cl)cc1. The topological polar surface area (TPSA) is 55.4 Å². The Balaban J connectivity index is 1.73. The van der Waals surface area contributed by atoms with Crippen LogP contribution in [0.15, 0.2) is 42.5 Å². The van der Waals surface area contributed by atoms with Crippen molar-refractivity contribution < 1.29 is 14.3 Å². The number of aryl methyl sites for hydroxylation is 1. The number of anilines is 1. The van der Waals surface area contributed by atoms with Gasteiger partial charge in [-0.05, 0) is 62.2 Å². The van der Waals surface area contributed by atoms with E-state index in [0.717, 1.165) is 5.56 Å². The van der Waals surface area contributed by atoms with E-state index in [1.54, 1.807) is 30.3 Å². The average Bonchev–Trinajstić information content (AvgIpc) is 2.55. The number of amides is 1. The molecule has 0 aliphatic rings. The van der Waals surface area contributed by atoms with E-state index in [9.17, 15) is 9.59 Å². The summed E-state index contributed by atoms with van der Waals surface area (Å²) in [4.78, 5) is 23.1. The van der Waals surface area contributed by atoms with Crippen LogP contribution >= 0.6 is 11.6 Å². The van der Waals surface area contributed by atoms with E-state index in [1.807, 2.05) is 19.1 Å². The number of ketones is 1. The lowest BCUT2D eigenvalue weighted by Crippen LogP contribution is -2.13. The number of hydrogen-bond donors (Lipinski definition) is 1. The summed E-state index contributed by atoms with van der Waals surface area (Å²) in [7, 11) is 0. The number of halogens is 1. The van der Waals surface area contributed by atoms with Gasteiger partial charge in [0.1, 0.15) is 5.75 Å². The molecule has 0 saturated heterocycles. The van der Waals surface area contributed by atoms with Crippen molar-refractivity contribution in [3.05, 3.63) is 58.6 Å². The highest BCUT2D eigenvalue weighted by Gasteiger charge is 2.06. The average molecular weight is 346 g/mol. The highest BCUT2D eigenvalue weighted by molar-refractivity contribution is 6.33. The molecule has 0 fully saturated rings. The van der Waals surface area contributed by atoms with E-state index >= 15 is 0 Å². The molecule has 0 bridgehead atoms. The molecule has 0 aromatic heterocycles. The Morgan fingerprint density at radius 2 is 1.83 bits per heavy atom. The first kappa shape index (κ1) is 18.0. The molecule has 2 aromatic carbocycles. The van der Waals surface area contributed by atoms with Gasteiger partial charge in [0.25, 0.3) is 0 Å². The molecule has 0 unspecified atom stereocenters. The molecule has 0 spiro atoms. The zero-order valence-corrected chi connectivity index (χ0v) is 14.5. The molecule has 0 atom stereocenters. The van der Waals surface area contributed by atoms with Gasteiger partial charge >= 0.3 is 0 Å². The van der Waals surface area contributed by atoms with Gasteiger partial charge in [0.2, 0.25) is 5.91 Å². The molecule has 5 heteroatoms. The summed E-state index contributed by atoms with van der Waals surface area (Å²) in [6.07, 6.45) is 0.930. The van der Waals surface area contributed by atoms with Gasteiger partial charge in [-0.3, -0.25) is 9.59 Å². The fourth-order valence-electron chi connectivity index (χ4n) is 2.14. The van der Waals surface area contributed by atoms with Crippen LogP contribution in [0.5, 0.6) is 5.75 Å². The first-order valence-electron chi connectivity index (χ1n) is 7.75. The molecule has 126 valence electrons. The molecular weight excluding hydrogens is 326 g/mol. The second kappa shape index (κ2) is 8.50. The Labute approximate surface area is 146 Å². The summed E-state index contributed by atoms with van der Waals surface area (Å²) >= 11 is 6.09. The summed E-state index contributed by atoms with van der Waals surface area (Å²) in [6.45, 7) is 3.89. The van der Waals surface area contributed by atoms with Crippen LogP contribution in [-0.4, -0.2) is 18.3 Å². The first-order chi connectivity index (χ1) is 11.5. The summed E-state index contributed by atoms with van der Waals surface area (Å²) in [5, 5.41) is 3.32. The summed E-state index contributed by atoms with van der Waals surface area (Å²) in [5.74, 6) is 0.603. The highest BCUT2D eigenvalue weighted by atomic mass is 35.5. The molecule has 24 heavy (non-hydrogen) atoms. The smallest absolute Gasteiger partial charge is 0.224 e. The quantitative estimate of drug-likeness (QED) is 0.587. The molecule has 0 radical (unpaired) electrons. The van der Waals surface area contributed by atoms with E-state index in [4.69, 9.17) is 16.3 Å². The van der Waals surface area contributed by atoms with Gasteiger partial charge in [-0.15, -0.1) is 0 Å². The number of hydrogen-bond acceptors (Lipinski definition) is 3. The lowest BCUT2D eigenvalue weighted by Gasteiger charge is -2.09. The molecule has 1 N–H and O–H groups in total. The van der Waals surface area contributed by atoms with Crippen molar-refractivity contribution in [3.63, 3.8) is 0 Å². The van der Waals surface area contributed by atoms with E-state index in [2.05, 4.69) is 5.32 Å². The van der Waals surface area contributed by atoms with Crippen LogP contribution in [0.1, 0.15) is 35.7 Å². The van der Waals surface area contributed by atoms with Gasteiger partial charge < -0.3 is 10.1 Å². The van der Waals surface area contributed by atoms with Crippen molar-refractivity contribution >= 4 is 29.0 Å². The third-order valence-corrected chi connectivity index (χ3v) is 3.79. The minimum atomic E-state index is -0.101. The Kier molecular flexibility index (Phi) is 6.38. The minimum Gasteiger partial charge on any atom is -0.494 e. The van der Waals surface area contributed by atoms with Crippen molar-refractivity contribution in [1.29, 1.82) is 0 Å². The largest absolute Gasteiger partial charge is 0.494 e. The summed E-state index contributed by atoms with van der Waals surface area (Å²) in [6, 6.07) is 12.5. The second-order valence-electron chi connectivity index (χ2n) is 5.56. The third-order valence-electron chi connectivity index (χ3n) is 3.48. The summed E-state index contributed by atoms with van der Waals surface area (Å²) in [5.41, 5.74) is 2.31. The van der Waals surface area contributed by atoms with Crippen LogP contribution in [0, 0.1) is 6.92 Å². The van der Waals surface area contributed by atoms with Crippen molar-refractivity contribution in [3.8, 4) is 5.75 Å². The second-order valence-corrected chi connectivity index (χ2v) is 5.97.